The summed E-state index contributed by atoms with van der Waals surface area (Å²) in [6.07, 6.45) is 0. The molecule has 4 heteroatoms. The first-order valence-corrected chi connectivity index (χ1v) is 6.80. The van der Waals surface area contributed by atoms with E-state index in [0.717, 1.165) is 9.36 Å². The molecule has 1 aromatic carbocycles. The van der Waals surface area contributed by atoms with Gasteiger partial charge in [0.1, 0.15) is 0 Å². The molecule has 0 aliphatic rings. The highest BCUT2D eigenvalue weighted by Gasteiger charge is 2.12. The Kier molecular flexibility index (Phi) is 3.73. The van der Waals surface area contributed by atoms with Crippen molar-refractivity contribution < 1.29 is 0 Å². The normalized spacial score (nSPS) is 12.7. The van der Waals surface area contributed by atoms with Crippen molar-refractivity contribution in [1.29, 1.82) is 0 Å². The Balaban J connectivity index is 2.28. The summed E-state index contributed by atoms with van der Waals surface area (Å²) in [4.78, 5) is 1.38. The van der Waals surface area contributed by atoms with Crippen molar-refractivity contribution in [2.24, 2.45) is 0 Å². The fraction of sp³-hybridized carbons (Fsp3) is 0.0909. The van der Waals surface area contributed by atoms with Gasteiger partial charge in [0.2, 0.25) is 0 Å². The van der Waals surface area contributed by atoms with Gasteiger partial charge in [-0.15, -0.1) is 11.3 Å². The molecule has 0 fully saturated rings. The summed E-state index contributed by atoms with van der Waals surface area (Å²) < 4.78 is 0.809. The lowest BCUT2D eigenvalue weighted by molar-refractivity contribution is 1.23. The minimum absolute atomic E-state index is 0.187. The van der Waals surface area contributed by atoms with Crippen LogP contribution in [0.2, 0.25) is 9.36 Å². The summed E-state index contributed by atoms with van der Waals surface area (Å²) in [7, 11) is 0. The van der Waals surface area contributed by atoms with E-state index in [-0.39, 0.29) is 4.83 Å². The molecule has 0 nitrogen and oxygen atoms in total. The van der Waals surface area contributed by atoms with Crippen molar-refractivity contribution in [3.63, 3.8) is 0 Å². The second-order valence-corrected chi connectivity index (χ2v) is 6.15. The minimum atomic E-state index is 0.187. The van der Waals surface area contributed by atoms with Crippen molar-refractivity contribution >= 4 is 50.5 Å². The van der Waals surface area contributed by atoms with Crippen molar-refractivity contribution in [3.05, 3.63) is 56.2 Å². The standard InChI is InChI=1S/C11H7BrCl2S/c12-11(9-5-6-10(14)15-9)7-1-3-8(13)4-2-7/h1-6,11H. The van der Waals surface area contributed by atoms with Gasteiger partial charge in [0.15, 0.2) is 0 Å². The lowest BCUT2D eigenvalue weighted by Crippen LogP contribution is -1.88. The summed E-state index contributed by atoms with van der Waals surface area (Å²) in [6.45, 7) is 0. The molecule has 0 aliphatic carbocycles. The molecule has 0 bridgehead atoms. The molecule has 1 aromatic heterocycles. The van der Waals surface area contributed by atoms with E-state index in [1.54, 1.807) is 11.3 Å². The zero-order valence-electron chi connectivity index (χ0n) is 7.58. The third-order valence-corrected chi connectivity index (χ3v) is 4.88. The van der Waals surface area contributed by atoms with Gasteiger partial charge in [0, 0.05) is 9.90 Å². The molecule has 0 amide bonds. The Morgan fingerprint density at radius 3 is 2.20 bits per heavy atom. The SMILES string of the molecule is Clc1ccc(C(Br)c2ccc(Cl)s2)cc1. The maximum atomic E-state index is 5.89. The molecule has 0 spiro atoms. The first kappa shape index (κ1) is 11.5. The molecule has 78 valence electrons. The Hall–Kier alpha value is -0.0200. The van der Waals surface area contributed by atoms with Crippen LogP contribution < -0.4 is 0 Å². The molecule has 1 atom stereocenters. The number of benzene rings is 1. The van der Waals surface area contributed by atoms with E-state index in [1.165, 1.54) is 10.4 Å². The second-order valence-electron chi connectivity index (χ2n) is 3.06. The van der Waals surface area contributed by atoms with Gasteiger partial charge in [-0.05, 0) is 29.8 Å². The summed E-state index contributed by atoms with van der Waals surface area (Å²) in [6, 6.07) is 11.7. The fourth-order valence-corrected chi connectivity index (χ4v) is 3.19. The Morgan fingerprint density at radius 1 is 1.00 bits per heavy atom. The highest BCUT2D eigenvalue weighted by molar-refractivity contribution is 9.09. The van der Waals surface area contributed by atoms with E-state index in [0.29, 0.717) is 0 Å². The highest BCUT2D eigenvalue weighted by atomic mass is 79.9. The minimum Gasteiger partial charge on any atom is -0.127 e. The van der Waals surface area contributed by atoms with Gasteiger partial charge < -0.3 is 0 Å². The summed E-state index contributed by atoms with van der Waals surface area (Å²) in [5.41, 5.74) is 1.18. The van der Waals surface area contributed by atoms with Gasteiger partial charge in [0.05, 0.1) is 9.16 Å². The van der Waals surface area contributed by atoms with Crippen LogP contribution in [-0.2, 0) is 0 Å². The molecule has 0 aliphatic heterocycles. The van der Waals surface area contributed by atoms with Gasteiger partial charge in [-0.25, -0.2) is 0 Å². The van der Waals surface area contributed by atoms with Crippen LogP contribution in [0.5, 0.6) is 0 Å². The van der Waals surface area contributed by atoms with Gasteiger partial charge in [-0.1, -0.05) is 51.3 Å². The van der Waals surface area contributed by atoms with Gasteiger partial charge >= 0.3 is 0 Å². The van der Waals surface area contributed by atoms with Crippen LogP contribution >= 0.6 is 50.5 Å². The van der Waals surface area contributed by atoms with Crippen molar-refractivity contribution in [1.82, 2.24) is 0 Å². The molecule has 1 heterocycles. The lowest BCUT2D eigenvalue weighted by Gasteiger charge is -2.07. The maximum Gasteiger partial charge on any atom is 0.0931 e. The number of thiophene rings is 1. The molecule has 0 saturated heterocycles. The monoisotopic (exact) mass is 320 g/mol. The molecular formula is C11H7BrCl2S. The average molecular weight is 322 g/mol. The summed E-state index contributed by atoms with van der Waals surface area (Å²) in [5.74, 6) is 0. The molecule has 15 heavy (non-hydrogen) atoms. The molecular weight excluding hydrogens is 315 g/mol. The molecule has 2 aromatic rings. The topological polar surface area (TPSA) is 0 Å². The molecule has 2 rings (SSSR count). The molecule has 0 saturated carbocycles. The van der Waals surface area contributed by atoms with E-state index < -0.39 is 0 Å². The quantitative estimate of drug-likeness (QED) is 0.637. The third-order valence-electron chi connectivity index (χ3n) is 2.01. The van der Waals surface area contributed by atoms with Gasteiger partial charge in [0.25, 0.3) is 0 Å². The Labute approximate surface area is 111 Å². The van der Waals surface area contributed by atoms with Crippen LogP contribution in [0.1, 0.15) is 15.3 Å². The first-order chi connectivity index (χ1) is 7.16. The summed E-state index contributed by atoms with van der Waals surface area (Å²) in [5, 5.41) is 0.752. The van der Waals surface area contributed by atoms with E-state index in [4.69, 9.17) is 23.2 Å². The molecule has 0 radical (unpaired) electrons. The predicted octanol–water partition coefficient (Wildman–Crippen LogP) is 5.54. The van der Waals surface area contributed by atoms with E-state index in [1.807, 2.05) is 36.4 Å². The highest BCUT2D eigenvalue weighted by Crippen LogP contribution is 2.36. The Bertz CT molecular complexity index is 450. The van der Waals surface area contributed by atoms with Crippen LogP contribution in [0.3, 0.4) is 0 Å². The fourth-order valence-electron chi connectivity index (χ4n) is 1.26. The smallest absolute Gasteiger partial charge is 0.0931 e. The van der Waals surface area contributed by atoms with Crippen LogP contribution in [-0.4, -0.2) is 0 Å². The predicted molar refractivity (Wildman–Crippen MR) is 71.6 cm³/mol. The number of hydrogen-bond acceptors (Lipinski definition) is 1. The number of halogens is 3. The number of rotatable bonds is 2. The largest absolute Gasteiger partial charge is 0.127 e. The zero-order valence-corrected chi connectivity index (χ0v) is 11.5. The molecule has 1 unspecified atom stereocenters. The maximum absolute atomic E-state index is 5.89. The summed E-state index contributed by atoms with van der Waals surface area (Å²) >= 11 is 16.9. The van der Waals surface area contributed by atoms with E-state index in [2.05, 4.69) is 15.9 Å². The Morgan fingerprint density at radius 2 is 1.67 bits per heavy atom. The van der Waals surface area contributed by atoms with Gasteiger partial charge in [-0.2, -0.15) is 0 Å². The first-order valence-electron chi connectivity index (χ1n) is 4.31. The lowest BCUT2D eigenvalue weighted by atomic mass is 10.1. The number of hydrogen-bond donors (Lipinski definition) is 0. The van der Waals surface area contributed by atoms with Gasteiger partial charge in [-0.3, -0.25) is 0 Å². The zero-order chi connectivity index (χ0) is 10.8. The van der Waals surface area contributed by atoms with E-state index in [9.17, 15) is 0 Å². The van der Waals surface area contributed by atoms with Crippen LogP contribution in [0.4, 0.5) is 0 Å². The molecule has 0 N–H and O–H groups in total. The van der Waals surface area contributed by atoms with Crippen LogP contribution in [0.25, 0.3) is 0 Å². The van der Waals surface area contributed by atoms with Crippen molar-refractivity contribution in [2.45, 2.75) is 4.83 Å². The van der Waals surface area contributed by atoms with E-state index >= 15 is 0 Å². The average Bonchev–Trinajstić information content (AvgIpc) is 2.65. The van der Waals surface area contributed by atoms with Crippen LogP contribution in [0.15, 0.2) is 36.4 Å². The van der Waals surface area contributed by atoms with Crippen molar-refractivity contribution in [2.75, 3.05) is 0 Å². The van der Waals surface area contributed by atoms with Crippen LogP contribution in [0, 0.1) is 0 Å². The second kappa shape index (κ2) is 4.88. The number of alkyl halides is 1. The van der Waals surface area contributed by atoms with Crippen molar-refractivity contribution in [3.8, 4) is 0 Å². The third kappa shape index (κ3) is 2.76.